The van der Waals surface area contributed by atoms with Crippen LogP contribution < -0.4 is 26.0 Å². The summed E-state index contributed by atoms with van der Waals surface area (Å²) in [5, 5.41) is 2.62. The number of carbonyl (C=O) groups is 1. The molecular weight excluding hydrogens is 350 g/mol. The zero-order valence-corrected chi connectivity index (χ0v) is 14.7. The van der Waals surface area contributed by atoms with Crippen LogP contribution in [0.3, 0.4) is 0 Å². The van der Waals surface area contributed by atoms with Crippen molar-refractivity contribution in [3.05, 3.63) is 81.1 Å². The number of carbonyl (C=O) groups excluding carboxylic acids is 1. The van der Waals surface area contributed by atoms with Crippen LogP contribution in [0.4, 0.5) is 5.69 Å². The van der Waals surface area contributed by atoms with E-state index in [0.29, 0.717) is 17.2 Å². The van der Waals surface area contributed by atoms with Crippen molar-refractivity contribution in [2.24, 2.45) is 0 Å². The molecule has 0 aliphatic heterocycles. The molecular formula is C19H17N3O5. The maximum Gasteiger partial charge on any atom is 0.333 e. The zero-order valence-electron chi connectivity index (χ0n) is 14.7. The van der Waals surface area contributed by atoms with Gasteiger partial charge in [-0.05, 0) is 24.3 Å². The molecule has 3 rings (SSSR count). The Morgan fingerprint density at radius 1 is 1.00 bits per heavy atom. The summed E-state index contributed by atoms with van der Waals surface area (Å²) in [5.41, 5.74) is -0.867. The summed E-state index contributed by atoms with van der Waals surface area (Å²) in [4.78, 5) is 39.9. The highest BCUT2D eigenvalue weighted by atomic mass is 16.5. The average molecular weight is 367 g/mol. The van der Waals surface area contributed by atoms with Crippen LogP contribution in [0.15, 0.2) is 64.3 Å². The van der Waals surface area contributed by atoms with Gasteiger partial charge in [-0.25, -0.2) is 9.36 Å². The van der Waals surface area contributed by atoms with Gasteiger partial charge in [0.2, 0.25) is 0 Å². The Bertz CT molecular complexity index is 1100. The maximum atomic E-state index is 12.8. The van der Waals surface area contributed by atoms with Crippen LogP contribution in [-0.2, 0) is 0 Å². The van der Waals surface area contributed by atoms with E-state index in [4.69, 9.17) is 9.47 Å². The number of ether oxygens (including phenoxy) is 2. The van der Waals surface area contributed by atoms with Crippen molar-refractivity contribution in [1.82, 2.24) is 9.55 Å². The molecule has 0 saturated carbocycles. The van der Waals surface area contributed by atoms with E-state index in [-0.39, 0.29) is 11.3 Å². The van der Waals surface area contributed by atoms with Gasteiger partial charge in [-0.15, -0.1) is 0 Å². The zero-order chi connectivity index (χ0) is 19.4. The first kappa shape index (κ1) is 18.0. The third-order valence-electron chi connectivity index (χ3n) is 3.86. The Hall–Kier alpha value is -3.81. The van der Waals surface area contributed by atoms with E-state index in [9.17, 15) is 14.4 Å². The predicted molar refractivity (Wildman–Crippen MR) is 100 cm³/mol. The van der Waals surface area contributed by atoms with Crippen LogP contribution in [0.25, 0.3) is 5.69 Å². The van der Waals surface area contributed by atoms with Crippen LogP contribution >= 0.6 is 0 Å². The smallest absolute Gasteiger partial charge is 0.333 e. The molecule has 0 atom stereocenters. The number of hydrogen-bond donors (Lipinski definition) is 2. The molecule has 8 heteroatoms. The van der Waals surface area contributed by atoms with Crippen LogP contribution in [0, 0.1) is 0 Å². The molecule has 1 amide bonds. The van der Waals surface area contributed by atoms with Crippen molar-refractivity contribution in [3.63, 3.8) is 0 Å². The van der Waals surface area contributed by atoms with Crippen molar-refractivity contribution in [2.75, 3.05) is 19.5 Å². The normalized spacial score (nSPS) is 10.3. The number of rotatable bonds is 5. The van der Waals surface area contributed by atoms with E-state index in [1.807, 2.05) is 0 Å². The Morgan fingerprint density at radius 2 is 1.67 bits per heavy atom. The van der Waals surface area contributed by atoms with E-state index >= 15 is 0 Å². The number of anilines is 1. The number of H-pyrrole nitrogens is 1. The standard InChI is InChI=1S/C19H17N3O5/c1-26-14-7-3-5-12(9-14)21-17(23)16-11-20-19(25)22(18(16)24)13-6-4-8-15(10-13)27-2/h3-11H,1-2H3,(H,20,25)(H,21,23). The molecule has 0 saturated heterocycles. The molecule has 0 spiro atoms. The monoisotopic (exact) mass is 367 g/mol. The topological polar surface area (TPSA) is 102 Å². The van der Waals surface area contributed by atoms with Gasteiger partial charge in [0.25, 0.3) is 11.5 Å². The molecule has 0 fully saturated rings. The van der Waals surface area contributed by atoms with Crippen molar-refractivity contribution < 1.29 is 14.3 Å². The number of aromatic amines is 1. The first-order valence-corrected chi connectivity index (χ1v) is 7.98. The van der Waals surface area contributed by atoms with Crippen LogP contribution in [0.1, 0.15) is 10.4 Å². The Kier molecular flexibility index (Phi) is 5.07. The molecule has 8 nitrogen and oxygen atoms in total. The maximum absolute atomic E-state index is 12.8. The molecule has 0 aliphatic rings. The Labute approximate surface area is 154 Å². The van der Waals surface area contributed by atoms with E-state index in [0.717, 1.165) is 10.8 Å². The lowest BCUT2D eigenvalue weighted by atomic mass is 10.2. The first-order valence-electron chi connectivity index (χ1n) is 7.98. The second kappa shape index (κ2) is 7.61. The number of nitrogens with one attached hydrogen (secondary N) is 2. The minimum Gasteiger partial charge on any atom is -0.497 e. The molecule has 0 aliphatic carbocycles. The number of benzene rings is 2. The minimum atomic E-state index is -0.743. The van der Waals surface area contributed by atoms with Gasteiger partial charge < -0.3 is 19.8 Å². The lowest BCUT2D eigenvalue weighted by Gasteiger charge is -2.09. The minimum absolute atomic E-state index is 0.208. The lowest BCUT2D eigenvalue weighted by Crippen LogP contribution is -2.38. The van der Waals surface area contributed by atoms with Gasteiger partial charge in [-0.2, -0.15) is 0 Å². The molecule has 1 heterocycles. The summed E-state index contributed by atoms with van der Waals surface area (Å²) >= 11 is 0. The fourth-order valence-corrected chi connectivity index (χ4v) is 2.52. The summed E-state index contributed by atoms with van der Waals surface area (Å²) in [6.07, 6.45) is 1.09. The summed E-state index contributed by atoms with van der Waals surface area (Å²) in [6.45, 7) is 0. The number of hydrogen-bond acceptors (Lipinski definition) is 5. The number of aromatic nitrogens is 2. The second-order valence-electron chi connectivity index (χ2n) is 5.54. The van der Waals surface area contributed by atoms with Crippen LogP contribution in [-0.4, -0.2) is 29.7 Å². The molecule has 2 N–H and O–H groups in total. The SMILES string of the molecule is COc1cccc(NC(=O)c2c[nH]c(=O)n(-c3cccc(OC)c3)c2=O)c1. The summed E-state index contributed by atoms with van der Waals surface area (Å²) < 4.78 is 11.1. The van der Waals surface area contributed by atoms with Gasteiger partial charge >= 0.3 is 5.69 Å². The van der Waals surface area contributed by atoms with Crippen LogP contribution in [0.5, 0.6) is 11.5 Å². The van der Waals surface area contributed by atoms with Gasteiger partial charge in [0.1, 0.15) is 17.1 Å². The van der Waals surface area contributed by atoms with E-state index in [2.05, 4.69) is 10.3 Å². The third-order valence-corrected chi connectivity index (χ3v) is 3.86. The molecule has 0 radical (unpaired) electrons. The molecule has 2 aromatic carbocycles. The highest BCUT2D eigenvalue weighted by Gasteiger charge is 2.16. The van der Waals surface area contributed by atoms with Crippen molar-refractivity contribution in [2.45, 2.75) is 0 Å². The first-order chi connectivity index (χ1) is 13.0. The predicted octanol–water partition coefficient (Wildman–Crippen LogP) is 1.80. The number of nitrogens with zero attached hydrogens (tertiary/aromatic N) is 1. The molecule has 0 unspecified atom stereocenters. The van der Waals surface area contributed by atoms with E-state index in [1.165, 1.54) is 20.3 Å². The van der Waals surface area contributed by atoms with Crippen molar-refractivity contribution in [1.29, 1.82) is 0 Å². The van der Waals surface area contributed by atoms with Gasteiger partial charge in [-0.1, -0.05) is 12.1 Å². The summed E-state index contributed by atoms with van der Waals surface area (Å²) in [6, 6.07) is 13.1. The summed E-state index contributed by atoms with van der Waals surface area (Å²) in [5.74, 6) is 0.384. The fourth-order valence-electron chi connectivity index (χ4n) is 2.52. The quantitative estimate of drug-likeness (QED) is 0.716. The summed E-state index contributed by atoms with van der Waals surface area (Å²) in [7, 11) is 2.99. The van der Waals surface area contributed by atoms with E-state index < -0.39 is 17.2 Å². The number of amides is 1. The van der Waals surface area contributed by atoms with Gasteiger partial charge in [0.05, 0.1) is 19.9 Å². The van der Waals surface area contributed by atoms with Crippen molar-refractivity contribution >= 4 is 11.6 Å². The van der Waals surface area contributed by atoms with Crippen LogP contribution in [0.2, 0.25) is 0 Å². The number of methoxy groups -OCH3 is 2. The van der Waals surface area contributed by atoms with Gasteiger partial charge in [0.15, 0.2) is 0 Å². The lowest BCUT2D eigenvalue weighted by molar-refractivity contribution is 0.102. The highest BCUT2D eigenvalue weighted by Crippen LogP contribution is 2.17. The average Bonchev–Trinajstić information content (AvgIpc) is 2.68. The molecule has 27 heavy (non-hydrogen) atoms. The van der Waals surface area contributed by atoms with Gasteiger partial charge in [-0.3, -0.25) is 9.59 Å². The molecule has 1 aromatic heterocycles. The molecule has 0 bridgehead atoms. The largest absolute Gasteiger partial charge is 0.497 e. The molecule has 138 valence electrons. The third kappa shape index (κ3) is 3.74. The fraction of sp³-hybridized carbons (Fsp3) is 0.105. The Balaban J connectivity index is 2.00. The van der Waals surface area contributed by atoms with Crippen molar-refractivity contribution in [3.8, 4) is 17.2 Å². The highest BCUT2D eigenvalue weighted by molar-refractivity contribution is 6.03. The van der Waals surface area contributed by atoms with E-state index in [1.54, 1.807) is 42.5 Å². The molecule has 3 aromatic rings. The second-order valence-corrected chi connectivity index (χ2v) is 5.54. The Morgan fingerprint density at radius 3 is 2.37 bits per heavy atom. The van der Waals surface area contributed by atoms with Gasteiger partial charge in [0, 0.05) is 24.0 Å².